The van der Waals surface area contributed by atoms with Gasteiger partial charge in [-0.25, -0.2) is 0 Å². The predicted molar refractivity (Wildman–Crippen MR) is 114 cm³/mol. The van der Waals surface area contributed by atoms with Crippen LogP contribution in [0.5, 0.6) is 0 Å². The van der Waals surface area contributed by atoms with E-state index in [0.29, 0.717) is 11.4 Å². The fraction of sp³-hybridized carbons (Fsp3) is 0.318. The third-order valence-electron chi connectivity index (χ3n) is 4.92. The minimum absolute atomic E-state index is 0.0178. The average Bonchev–Trinajstić information content (AvgIpc) is 2.81. The van der Waals surface area contributed by atoms with Crippen LogP contribution in [0.15, 0.2) is 48.5 Å². The van der Waals surface area contributed by atoms with Crippen molar-refractivity contribution in [2.45, 2.75) is 25.6 Å². The van der Waals surface area contributed by atoms with Crippen molar-refractivity contribution < 1.29 is 27.6 Å². The van der Waals surface area contributed by atoms with Gasteiger partial charge in [0.2, 0.25) is 17.7 Å². The van der Waals surface area contributed by atoms with Crippen LogP contribution in [-0.2, 0) is 20.6 Å². The molecule has 1 heterocycles. The number of carbonyl (C=O) groups excluding carboxylic acids is 3. The van der Waals surface area contributed by atoms with Crippen LogP contribution in [0.4, 0.5) is 30.2 Å². The standard InChI is InChI=1S/C22H23F3N4O3/c1-14-10-19(30)27-17-8-3-4-9-18(17)29(14)21(32)13-28(2)12-20(31)26-16-7-5-6-15(11-16)22(23,24)25/h3-9,11,14H,10,12-13H2,1-2H3,(H,26,31)(H,27,30). The number of anilines is 3. The largest absolute Gasteiger partial charge is 0.416 e. The summed E-state index contributed by atoms with van der Waals surface area (Å²) in [5.74, 6) is -1.06. The zero-order chi connectivity index (χ0) is 23.5. The van der Waals surface area contributed by atoms with Gasteiger partial charge in [0.25, 0.3) is 0 Å². The lowest BCUT2D eigenvalue weighted by atomic mass is 10.1. The van der Waals surface area contributed by atoms with E-state index >= 15 is 0 Å². The van der Waals surface area contributed by atoms with Crippen LogP contribution in [0.3, 0.4) is 0 Å². The average molecular weight is 448 g/mol. The second-order valence-electron chi connectivity index (χ2n) is 7.68. The van der Waals surface area contributed by atoms with Crippen molar-refractivity contribution in [2.24, 2.45) is 0 Å². The molecule has 32 heavy (non-hydrogen) atoms. The van der Waals surface area contributed by atoms with Gasteiger partial charge in [0.1, 0.15) is 0 Å². The molecule has 0 fully saturated rings. The summed E-state index contributed by atoms with van der Waals surface area (Å²) in [4.78, 5) is 40.4. The molecule has 3 amide bonds. The molecule has 0 saturated carbocycles. The molecule has 0 spiro atoms. The third kappa shape index (κ3) is 5.64. The molecule has 7 nitrogen and oxygen atoms in total. The summed E-state index contributed by atoms with van der Waals surface area (Å²) in [6.07, 6.45) is -4.39. The van der Waals surface area contributed by atoms with Gasteiger partial charge in [-0.05, 0) is 44.3 Å². The van der Waals surface area contributed by atoms with E-state index in [1.807, 2.05) is 0 Å². The first-order valence-electron chi connectivity index (χ1n) is 9.91. The van der Waals surface area contributed by atoms with Crippen LogP contribution >= 0.6 is 0 Å². The highest BCUT2D eigenvalue weighted by molar-refractivity contribution is 6.05. The highest BCUT2D eigenvalue weighted by Crippen LogP contribution is 2.32. The molecule has 2 aromatic carbocycles. The minimum Gasteiger partial charge on any atom is -0.325 e. The molecule has 0 radical (unpaired) electrons. The monoisotopic (exact) mass is 448 g/mol. The lowest BCUT2D eigenvalue weighted by molar-refractivity contribution is -0.137. The fourth-order valence-electron chi connectivity index (χ4n) is 3.55. The topological polar surface area (TPSA) is 81.8 Å². The number of fused-ring (bicyclic) bond motifs is 1. The number of carbonyl (C=O) groups is 3. The number of halogens is 3. The van der Waals surface area contributed by atoms with E-state index in [1.165, 1.54) is 21.9 Å². The van der Waals surface area contributed by atoms with Crippen LogP contribution in [0.25, 0.3) is 0 Å². The van der Waals surface area contributed by atoms with Gasteiger partial charge in [0, 0.05) is 18.2 Å². The Labute approximate surface area is 183 Å². The van der Waals surface area contributed by atoms with Gasteiger partial charge < -0.3 is 15.5 Å². The summed E-state index contributed by atoms with van der Waals surface area (Å²) in [6.45, 7) is 1.44. The van der Waals surface area contributed by atoms with E-state index in [1.54, 1.807) is 38.2 Å². The second kappa shape index (κ2) is 9.39. The summed E-state index contributed by atoms with van der Waals surface area (Å²) in [7, 11) is 1.56. The summed E-state index contributed by atoms with van der Waals surface area (Å²) in [5, 5.41) is 5.19. The Morgan fingerprint density at radius 3 is 2.59 bits per heavy atom. The van der Waals surface area contributed by atoms with Crippen molar-refractivity contribution in [1.82, 2.24) is 4.90 Å². The second-order valence-corrected chi connectivity index (χ2v) is 7.68. The zero-order valence-electron chi connectivity index (χ0n) is 17.6. The SMILES string of the molecule is CC1CC(=O)Nc2ccccc2N1C(=O)CN(C)CC(=O)Nc1cccc(C(F)(F)F)c1. The lowest BCUT2D eigenvalue weighted by Gasteiger charge is -2.29. The molecule has 2 N–H and O–H groups in total. The first-order chi connectivity index (χ1) is 15.0. The van der Waals surface area contributed by atoms with Crippen molar-refractivity contribution in [3.63, 3.8) is 0 Å². The Morgan fingerprint density at radius 2 is 1.88 bits per heavy atom. The zero-order valence-corrected chi connectivity index (χ0v) is 17.6. The molecule has 1 unspecified atom stereocenters. The van der Waals surface area contributed by atoms with Gasteiger partial charge >= 0.3 is 6.18 Å². The first kappa shape index (κ1) is 23.3. The van der Waals surface area contributed by atoms with E-state index in [2.05, 4.69) is 10.6 Å². The third-order valence-corrected chi connectivity index (χ3v) is 4.92. The lowest BCUT2D eigenvalue weighted by Crippen LogP contribution is -2.45. The van der Waals surface area contributed by atoms with Crippen molar-refractivity contribution in [3.8, 4) is 0 Å². The summed E-state index contributed by atoms with van der Waals surface area (Å²) >= 11 is 0. The number of likely N-dealkylation sites (N-methyl/N-ethyl adjacent to an activating group) is 1. The predicted octanol–water partition coefficient (Wildman–Crippen LogP) is 3.34. The molecule has 1 atom stereocenters. The number of amides is 3. The Kier molecular flexibility index (Phi) is 6.83. The van der Waals surface area contributed by atoms with Crippen molar-refractivity contribution in [1.29, 1.82) is 0 Å². The molecule has 1 aliphatic rings. The summed E-state index contributed by atoms with van der Waals surface area (Å²) in [5.41, 5.74) is 0.248. The van der Waals surface area contributed by atoms with Gasteiger partial charge in [0.05, 0.1) is 30.0 Å². The molecular formula is C22H23F3N4O3. The van der Waals surface area contributed by atoms with Crippen LogP contribution in [-0.4, -0.2) is 48.8 Å². The molecule has 2 aromatic rings. The molecular weight excluding hydrogens is 425 g/mol. The molecule has 0 saturated heterocycles. The smallest absolute Gasteiger partial charge is 0.325 e. The number of benzene rings is 2. The number of para-hydroxylation sites is 2. The van der Waals surface area contributed by atoms with Crippen molar-refractivity contribution in [3.05, 3.63) is 54.1 Å². The number of nitrogens with zero attached hydrogens (tertiary/aromatic N) is 2. The van der Waals surface area contributed by atoms with E-state index in [0.717, 1.165) is 12.1 Å². The van der Waals surface area contributed by atoms with Crippen molar-refractivity contribution >= 4 is 34.8 Å². The number of hydrogen-bond acceptors (Lipinski definition) is 4. The Bertz CT molecular complexity index is 1030. The van der Waals surface area contributed by atoms with Gasteiger partial charge in [-0.15, -0.1) is 0 Å². The molecule has 0 aliphatic carbocycles. The van der Waals surface area contributed by atoms with Crippen LogP contribution in [0.1, 0.15) is 18.9 Å². The van der Waals surface area contributed by atoms with Crippen LogP contribution < -0.4 is 15.5 Å². The van der Waals surface area contributed by atoms with Gasteiger partial charge in [-0.1, -0.05) is 18.2 Å². The molecule has 170 valence electrons. The van der Waals surface area contributed by atoms with E-state index in [9.17, 15) is 27.6 Å². The van der Waals surface area contributed by atoms with E-state index in [4.69, 9.17) is 0 Å². The number of hydrogen-bond donors (Lipinski definition) is 2. The molecule has 3 rings (SSSR count). The number of rotatable bonds is 5. The van der Waals surface area contributed by atoms with Gasteiger partial charge in [-0.2, -0.15) is 13.2 Å². The maximum absolute atomic E-state index is 13.0. The van der Waals surface area contributed by atoms with Crippen LogP contribution in [0.2, 0.25) is 0 Å². The molecule has 0 bridgehead atoms. The Hall–Kier alpha value is -3.40. The van der Waals surface area contributed by atoms with Gasteiger partial charge in [0.15, 0.2) is 0 Å². The molecule has 0 aromatic heterocycles. The normalized spacial score (nSPS) is 16.2. The van der Waals surface area contributed by atoms with Crippen molar-refractivity contribution in [2.75, 3.05) is 35.7 Å². The Balaban J connectivity index is 1.65. The maximum Gasteiger partial charge on any atom is 0.416 e. The fourth-order valence-corrected chi connectivity index (χ4v) is 3.55. The van der Waals surface area contributed by atoms with E-state index < -0.39 is 23.7 Å². The first-order valence-corrected chi connectivity index (χ1v) is 9.91. The quantitative estimate of drug-likeness (QED) is 0.735. The number of nitrogens with one attached hydrogen (secondary N) is 2. The highest BCUT2D eigenvalue weighted by Gasteiger charge is 2.31. The van der Waals surface area contributed by atoms with Crippen LogP contribution in [0, 0.1) is 0 Å². The minimum atomic E-state index is -4.51. The van der Waals surface area contributed by atoms with Gasteiger partial charge in [-0.3, -0.25) is 19.3 Å². The van der Waals surface area contributed by atoms with E-state index in [-0.39, 0.29) is 37.0 Å². The maximum atomic E-state index is 13.0. The highest BCUT2D eigenvalue weighted by atomic mass is 19.4. The molecule has 1 aliphatic heterocycles. The Morgan fingerprint density at radius 1 is 1.16 bits per heavy atom. The molecule has 10 heteroatoms. The summed E-state index contributed by atoms with van der Waals surface area (Å²) in [6, 6.07) is 10.9. The summed E-state index contributed by atoms with van der Waals surface area (Å²) < 4.78 is 38.5. The number of alkyl halides is 3.